The average Bonchev–Trinajstić information content (AvgIpc) is 2.94. The van der Waals surface area contributed by atoms with Gasteiger partial charge in [-0.15, -0.1) is 0 Å². The Morgan fingerprint density at radius 3 is 2.12 bits per heavy atom. The van der Waals surface area contributed by atoms with Crippen LogP contribution in [0.2, 0.25) is 0 Å². The molecule has 2 aromatic rings. The monoisotopic (exact) mass is 555 g/mol. The molecule has 2 aromatic carbocycles. The van der Waals surface area contributed by atoms with Crippen molar-refractivity contribution in [1.82, 2.24) is 10.6 Å². The summed E-state index contributed by atoms with van der Waals surface area (Å²) >= 11 is 0. The number of nitrogens with one attached hydrogen (secondary N) is 3. The van der Waals surface area contributed by atoms with E-state index >= 15 is 0 Å². The summed E-state index contributed by atoms with van der Waals surface area (Å²) in [6.45, 7) is 6.08. The number of hydrogen-bond acceptors (Lipinski definition) is 10. The number of Topliss-reactive ketones (excluding diaryl/α,β-unsaturated/α-hetero) is 1. The summed E-state index contributed by atoms with van der Waals surface area (Å²) in [6, 6.07) is 12.3. The Morgan fingerprint density at radius 2 is 1.57 bits per heavy atom. The van der Waals surface area contributed by atoms with Gasteiger partial charge in [0, 0.05) is 18.2 Å². The molecule has 40 heavy (non-hydrogen) atoms. The molecule has 0 heterocycles. The van der Waals surface area contributed by atoms with Crippen LogP contribution < -0.4 is 15.4 Å². The van der Waals surface area contributed by atoms with Crippen LogP contribution in [0, 0.1) is 11.3 Å². The molecule has 2 rings (SSSR count). The number of carbonyl (C=O) groups excluding carboxylic acids is 5. The Morgan fingerprint density at radius 1 is 0.950 bits per heavy atom. The third-order valence-corrected chi connectivity index (χ3v) is 5.49. The van der Waals surface area contributed by atoms with Gasteiger partial charge >= 0.3 is 18.0 Å². The zero-order chi connectivity index (χ0) is 29.9. The largest absolute Gasteiger partial charge is 0.482 e. The van der Waals surface area contributed by atoms with Crippen molar-refractivity contribution in [2.24, 2.45) is 5.92 Å². The first-order chi connectivity index (χ1) is 19.0. The highest BCUT2D eigenvalue weighted by atomic mass is 16.6. The molecule has 0 aliphatic carbocycles. The molecule has 0 bridgehead atoms. The minimum Gasteiger partial charge on any atom is -0.482 e. The lowest BCUT2D eigenvalue weighted by molar-refractivity contribution is -0.167. The molecule has 0 aliphatic heterocycles. The van der Waals surface area contributed by atoms with Gasteiger partial charge < -0.3 is 29.6 Å². The summed E-state index contributed by atoms with van der Waals surface area (Å²) in [5.41, 5.74) is -2.29. The fourth-order valence-corrected chi connectivity index (χ4v) is 3.35. The summed E-state index contributed by atoms with van der Waals surface area (Å²) in [6.07, 6.45) is -1.06. The van der Waals surface area contributed by atoms with E-state index in [4.69, 9.17) is 24.4 Å². The van der Waals surface area contributed by atoms with Gasteiger partial charge in [-0.3, -0.25) is 19.8 Å². The second-order valence-electron chi connectivity index (χ2n) is 8.77. The van der Waals surface area contributed by atoms with Crippen LogP contribution in [0.4, 0.5) is 4.79 Å². The van der Waals surface area contributed by atoms with Gasteiger partial charge in [-0.2, -0.15) is 0 Å². The third kappa shape index (κ3) is 7.88. The van der Waals surface area contributed by atoms with Crippen LogP contribution in [0.3, 0.4) is 0 Å². The molecule has 0 saturated carbocycles. The molecular weight excluding hydrogens is 522 g/mol. The van der Waals surface area contributed by atoms with Crippen molar-refractivity contribution in [1.29, 1.82) is 5.41 Å². The number of amides is 2. The molecule has 0 saturated heterocycles. The molecule has 2 unspecified atom stereocenters. The van der Waals surface area contributed by atoms with Gasteiger partial charge in [-0.05, 0) is 38.1 Å². The lowest BCUT2D eigenvalue weighted by Gasteiger charge is -2.33. The maximum absolute atomic E-state index is 13.8. The van der Waals surface area contributed by atoms with E-state index in [1.54, 1.807) is 25.1 Å². The van der Waals surface area contributed by atoms with Crippen LogP contribution >= 0.6 is 0 Å². The summed E-state index contributed by atoms with van der Waals surface area (Å²) in [7, 11) is 1.26. The number of carbonyl (C=O) groups is 5. The van der Waals surface area contributed by atoms with Crippen LogP contribution in [-0.2, 0) is 34.2 Å². The number of esters is 2. The molecule has 0 aromatic heterocycles. The highest BCUT2D eigenvalue weighted by Crippen LogP contribution is 2.30. The average molecular weight is 556 g/mol. The second-order valence-corrected chi connectivity index (χ2v) is 8.77. The quantitative estimate of drug-likeness (QED) is 0.117. The molecule has 12 nitrogen and oxygen atoms in total. The Hall–Kier alpha value is -4.74. The van der Waals surface area contributed by atoms with Gasteiger partial charge in [0.15, 0.2) is 12.4 Å². The topological polar surface area (TPSA) is 170 Å². The van der Waals surface area contributed by atoms with E-state index in [0.29, 0.717) is 5.75 Å². The molecule has 3 N–H and O–H groups in total. The summed E-state index contributed by atoms with van der Waals surface area (Å²) in [4.78, 5) is 63.1. The number of benzene rings is 2. The number of hydrogen-bond donors (Lipinski definition) is 3. The maximum atomic E-state index is 13.8. The van der Waals surface area contributed by atoms with Crippen LogP contribution in [0.5, 0.6) is 5.75 Å². The first-order valence-corrected chi connectivity index (χ1v) is 12.5. The van der Waals surface area contributed by atoms with Gasteiger partial charge in [0.25, 0.3) is 17.4 Å². The predicted molar refractivity (Wildman–Crippen MR) is 143 cm³/mol. The Bertz CT molecular complexity index is 1230. The zero-order valence-electron chi connectivity index (χ0n) is 22.9. The van der Waals surface area contributed by atoms with E-state index in [1.807, 2.05) is 0 Å². The van der Waals surface area contributed by atoms with Crippen molar-refractivity contribution < 1.29 is 42.9 Å². The highest BCUT2D eigenvalue weighted by Gasteiger charge is 2.52. The first kappa shape index (κ1) is 31.5. The zero-order valence-corrected chi connectivity index (χ0v) is 22.9. The molecular formula is C28H33N3O9. The van der Waals surface area contributed by atoms with E-state index in [0.717, 1.165) is 0 Å². The lowest BCUT2D eigenvalue weighted by atomic mass is 9.90. The smallest absolute Gasteiger partial charge is 0.413 e. The molecule has 12 heteroatoms. The third-order valence-electron chi connectivity index (χ3n) is 5.49. The number of rotatable bonds is 12. The summed E-state index contributed by atoms with van der Waals surface area (Å²) in [5, 5.41) is 13.2. The number of ether oxygens (including phenoxy) is 4. The SMILES string of the molecule is CCOC(=O)COc1ccc(C(=O)C(C)NC(=O)C(OC(=O)C(C)C)(C(=N)OC(=O)NC)c2ccccc2)cc1. The molecule has 2 amide bonds. The van der Waals surface area contributed by atoms with Crippen molar-refractivity contribution in [2.75, 3.05) is 20.3 Å². The lowest BCUT2D eigenvalue weighted by Crippen LogP contribution is -2.57. The normalized spacial score (nSPS) is 12.8. The minimum absolute atomic E-state index is 0.0261. The Balaban J connectivity index is 2.36. The standard InChI is InChI=1S/C28H33N3O9/c1-6-37-22(32)16-38-21-14-12-19(13-15-21)23(33)18(4)31-26(35)28(40-24(34)17(2)3,20-10-8-7-9-11-20)25(29)39-27(36)30-5/h7-15,17-18,29H,6,16H2,1-5H3,(H,30,36)(H,31,35). The van der Waals surface area contributed by atoms with Crippen LogP contribution in [0.15, 0.2) is 54.6 Å². The fraction of sp³-hybridized carbons (Fsp3) is 0.357. The second kappa shape index (κ2) is 14.4. The van der Waals surface area contributed by atoms with Crippen LogP contribution in [0.25, 0.3) is 0 Å². The highest BCUT2D eigenvalue weighted by molar-refractivity contribution is 6.13. The van der Waals surface area contributed by atoms with Crippen molar-refractivity contribution in [3.8, 4) is 5.75 Å². The maximum Gasteiger partial charge on any atom is 0.413 e. The van der Waals surface area contributed by atoms with Crippen molar-refractivity contribution in [2.45, 2.75) is 39.3 Å². The first-order valence-electron chi connectivity index (χ1n) is 12.5. The van der Waals surface area contributed by atoms with Gasteiger partial charge in [-0.1, -0.05) is 44.2 Å². The van der Waals surface area contributed by atoms with Crippen molar-refractivity contribution in [3.05, 3.63) is 65.7 Å². The molecule has 2 atom stereocenters. The van der Waals surface area contributed by atoms with E-state index in [2.05, 4.69) is 10.6 Å². The molecule has 214 valence electrons. The van der Waals surface area contributed by atoms with Gasteiger partial charge in [0.05, 0.1) is 18.6 Å². The van der Waals surface area contributed by atoms with Gasteiger partial charge in [0.2, 0.25) is 0 Å². The molecule has 0 spiro atoms. The van der Waals surface area contributed by atoms with E-state index < -0.39 is 53.2 Å². The molecule has 0 radical (unpaired) electrons. The van der Waals surface area contributed by atoms with Gasteiger partial charge in [0.1, 0.15) is 5.75 Å². The number of alkyl carbamates (subject to hydrolysis) is 1. The summed E-state index contributed by atoms with van der Waals surface area (Å²) < 4.78 is 20.7. The number of ketones is 1. The van der Waals surface area contributed by atoms with E-state index in [1.165, 1.54) is 64.2 Å². The predicted octanol–water partition coefficient (Wildman–Crippen LogP) is 2.74. The van der Waals surface area contributed by atoms with E-state index in [9.17, 15) is 24.0 Å². The summed E-state index contributed by atoms with van der Waals surface area (Å²) in [5.74, 6) is -4.32. The van der Waals surface area contributed by atoms with Crippen molar-refractivity contribution >= 4 is 35.6 Å². The molecule has 0 fully saturated rings. The molecule has 0 aliphatic rings. The van der Waals surface area contributed by atoms with Crippen molar-refractivity contribution in [3.63, 3.8) is 0 Å². The minimum atomic E-state index is -2.52. The van der Waals surface area contributed by atoms with E-state index in [-0.39, 0.29) is 24.3 Å². The Labute approximate surface area is 231 Å². The van der Waals surface area contributed by atoms with Crippen LogP contribution in [-0.4, -0.2) is 61.9 Å². The Kier molecular flexibility index (Phi) is 11.4. The van der Waals surface area contributed by atoms with Crippen LogP contribution in [0.1, 0.15) is 43.6 Å². The fourth-order valence-electron chi connectivity index (χ4n) is 3.35. The van der Waals surface area contributed by atoms with Gasteiger partial charge in [-0.25, -0.2) is 9.59 Å².